The van der Waals surface area contributed by atoms with Gasteiger partial charge in [0.05, 0.1) is 10.7 Å². The predicted molar refractivity (Wildman–Crippen MR) is 64.4 cm³/mol. The average molecular weight is 274 g/mol. The van der Waals surface area contributed by atoms with Gasteiger partial charge in [0, 0.05) is 22.3 Å². The van der Waals surface area contributed by atoms with Crippen molar-refractivity contribution in [3.63, 3.8) is 0 Å². The highest BCUT2D eigenvalue weighted by Crippen LogP contribution is 2.36. The fourth-order valence-corrected chi connectivity index (χ4v) is 2.27. The number of anilines is 1. The third kappa shape index (κ3) is 1.62. The van der Waals surface area contributed by atoms with Crippen molar-refractivity contribution in [2.45, 2.75) is 6.42 Å². The van der Waals surface area contributed by atoms with Crippen molar-refractivity contribution in [3.8, 4) is 0 Å². The van der Waals surface area contributed by atoms with Crippen molar-refractivity contribution in [2.24, 2.45) is 5.73 Å². The topological polar surface area (TPSA) is 38.0 Å². The normalized spacial score (nSPS) is 15.1. The van der Waals surface area contributed by atoms with Gasteiger partial charge in [-0.3, -0.25) is 0 Å². The highest BCUT2D eigenvalue weighted by molar-refractivity contribution is 9.10. The Hall–Kier alpha value is -0.670. The van der Waals surface area contributed by atoms with Crippen LogP contribution in [0.3, 0.4) is 0 Å². The standard InChI is InChI=1S/C10H10BrClN2/c11-6-3-4-7(12)9-8(13)2-1-5-14-10(6)9/h2-4,14H,1,5,13H2. The molecule has 0 bridgehead atoms. The highest BCUT2D eigenvalue weighted by atomic mass is 79.9. The molecule has 4 heteroatoms. The SMILES string of the molecule is NC1=CCCNc2c(Br)ccc(Cl)c21. The van der Waals surface area contributed by atoms with E-state index < -0.39 is 0 Å². The van der Waals surface area contributed by atoms with Crippen LogP contribution in [0.4, 0.5) is 5.69 Å². The molecule has 0 spiro atoms. The lowest BCUT2D eigenvalue weighted by Crippen LogP contribution is -2.03. The zero-order valence-electron chi connectivity index (χ0n) is 7.48. The lowest BCUT2D eigenvalue weighted by Gasteiger charge is -2.12. The van der Waals surface area contributed by atoms with E-state index in [4.69, 9.17) is 17.3 Å². The maximum atomic E-state index is 6.10. The van der Waals surface area contributed by atoms with Gasteiger partial charge >= 0.3 is 0 Å². The van der Waals surface area contributed by atoms with Crippen LogP contribution < -0.4 is 11.1 Å². The van der Waals surface area contributed by atoms with Gasteiger partial charge in [-0.1, -0.05) is 17.7 Å². The molecule has 1 heterocycles. The van der Waals surface area contributed by atoms with Gasteiger partial charge in [0.1, 0.15) is 0 Å². The fraction of sp³-hybridized carbons (Fsp3) is 0.200. The van der Waals surface area contributed by atoms with E-state index in [2.05, 4.69) is 21.2 Å². The van der Waals surface area contributed by atoms with E-state index in [0.29, 0.717) is 5.02 Å². The van der Waals surface area contributed by atoms with Gasteiger partial charge < -0.3 is 11.1 Å². The summed E-state index contributed by atoms with van der Waals surface area (Å²) in [6.07, 6.45) is 2.92. The zero-order chi connectivity index (χ0) is 10.1. The van der Waals surface area contributed by atoms with E-state index in [1.807, 2.05) is 18.2 Å². The van der Waals surface area contributed by atoms with Crippen LogP contribution in [0.25, 0.3) is 5.70 Å². The molecule has 1 aromatic rings. The van der Waals surface area contributed by atoms with E-state index in [1.165, 1.54) is 0 Å². The van der Waals surface area contributed by atoms with E-state index in [0.717, 1.165) is 34.4 Å². The highest BCUT2D eigenvalue weighted by Gasteiger charge is 2.14. The minimum atomic E-state index is 0.686. The fourth-order valence-electron chi connectivity index (χ4n) is 1.53. The Kier molecular flexibility index (Phi) is 2.70. The summed E-state index contributed by atoms with van der Waals surface area (Å²) in [5.74, 6) is 0. The van der Waals surface area contributed by atoms with Gasteiger partial charge in [-0.25, -0.2) is 0 Å². The number of hydrogen-bond acceptors (Lipinski definition) is 2. The molecular formula is C10H10BrClN2. The Morgan fingerprint density at radius 2 is 2.21 bits per heavy atom. The van der Waals surface area contributed by atoms with Crippen LogP contribution in [0.15, 0.2) is 22.7 Å². The zero-order valence-corrected chi connectivity index (χ0v) is 9.82. The van der Waals surface area contributed by atoms with Crippen LogP contribution in [0.2, 0.25) is 5.02 Å². The van der Waals surface area contributed by atoms with E-state index in [9.17, 15) is 0 Å². The van der Waals surface area contributed by atoms with Crippen molar-refractivity contribution >= 4 is 38.9 Å². The molecule has 1 aromatic carbocycles. The van der Waals surface area contributed by atoms with Gasteiger partial charge in [0.2, 0.25) is 0 Å². The van der Waals surface area contributed by atoms with Crippen LogP contribution >= 0.6 is 27.5 Å². The van der Waals surface area contributed by atoms with Gasteiger partial charge in [0.25, 0.3) is 0 Å². The summed E-state index contributed by atoms with van der Waals surface area (Å²) in [6, 6.07) is 3.77. The molecule has 14 heavy (non-hydrogen) atoms. The molecule has 0 aliphatic carbocycles. The predicted octanol–water partition coefficient (Wildman–Crippen LogP) is 3.22. The molecule has 3 N–H and O–H groups in total. The molecule has 2 rings (SSSR count). The minimum Gasteiger partial charge on any atom is -0.398 e. The molecule has 0 aromatic heterocycles. The quantitative estimate of drug-likeness (QED) is 0.762. The lowest BCUT2D eigenvalue weighted by atomic mass is 10.1. The Labute approximate surface area is 96.3 Å². The average Bonchev–Trinajstić information content (AvgIpc) is 2.35. The van der Waals surface area contributed by atoms with Crippen LogP contribution in [0, 0.1) is 0 Å². The minimum absolute atomic E-state index is 0.686. The van der Waals surface area contributed by atoms with Gasteiger partial charge in [-0.2, -0.15) is 0 Å². The largest absolute Gasteiger partial charge is 0.398 e. The second-order valence-corrected chi connectivity index (χ2v) is 4.42. The maximum absolute atomic E-state index is 6.10. The summed E-state index contributed by atoms with van der Waals surface area (Å²) in [6.45, 7) is 0.882. The van der Waals surface area contributed by atoms with Crippen molar-refractivity contribution < 1.29 is 0 Å². The molecule has 74 valence electrons. The summed E-state index contributed by atoms with van der Waals surface area (Å²) >= 11 is 9.57. The maximum Gasteiger partial charge on any atom is 0.0594 e. The van der Waals surface area contributed by atoms with Crippen molar-refractivity contribution in [1.82, 2.24) is 0 Å². The molecule has 1 aliphatic rings. The number of hydrogen-bond donors (Lipinski definition) is 2. The molecule has 0 unspecified atom stereocenters. The second kappa shape index (κ2) is 3.83. The number of halogens is 2. The first-order valence-corrected chi connectivity index (χ1v) is 5.55. The third-order valence-corrected chi connectivity index (χ3v) is 3.18. The third-order valence-electron chi connectivity index (χ3n) is 2.20. The van der Waals surface area contributed by atoms with E-state index in [-0.39, 0.29) is 0 Å². The number of benzene rings is 1. The summed E-state index contributed by atoms with van der Waals surface area (Å²) in [4.78, 5) is 0. The molecular weight excluding hydrogens is 263 g/mol. The lowest BCUT2D eigenvalue weighted by molar-refractivity contribution is 1.08. The first-order chi connectivity index (χ1) is 6.70. The van der Waals surface area contributed by atoms with Gasteiger partial charge in [-0.15, -0.1) is 0 Å². The number of rotatable bonds is 0. The van der Waals surface area contributed by atoms with Crippen molar-refractivity contribution in [3.05, 3.63) is 33.3 Å². The smallest absolute Gasteiger partial charge is 0.0594 e. The Morgan fingerprint density at radius 3 is 3.00 bits per heavy atom. The van der Waals surface area contributed by atoms with E-state index >= 15 is 0 Å². The molecule has 0 radical (unpaired) electrons. The van der Waals surface area contributed by atoms with Crippen LogP contribution in [-0.4, -0.2) is 6.54 Å². The number of fused-ring (bicyclic) bond motifs is 1. The Balaban J connectivity index is 2.67. The number of nitrogens with one attached hydrogen (secondary N) is 1. The summed E-state index contributed by atoms with van der Waals surface area (Å²) in [7, 11) is 0. The van der Waals surface area contributed by atoms with Crippen LogP contribution in [-0.2, 0) is 0 Å². The number of nitrogens with two attached hydrogens (primary N) is 1. The van der Waals surface area contributed by atoms with Gasteiger partial charge in [-0.05, 0) is 34.5 Å². The van der Waals surface area contributed by atoms with E-state index in [1.54, 1.807) is 0 Å². The Bertz CT molecular complexity index is 401. The molecule has 2 nitrogen and oxygen atoms in total. The molecule has 0 amide bonds. The molecule has 0 fully saturated rings. The monoisotopic (exact) mass is 272 g/mol. The first-order valence-electron chi connectivity index (χ1n) is 4.38. The van der Waals surface area contributed by atoms with Crippen molar-refractivity contribution in [1.29, 1.82) is 0 Å². The van der Waals surface area contributed by atoms with Crippen LogP contribution in [0.5, 0.6) is 0 Å². The molecule has 0 saturated carbocycles. The van der Waals surface area contributed by atoms with Gasteiger partial charge in [0.15, 0.2) is 0 Å². The van der Waals surface area contributed by atoms with Crippen molar-refractivity contribution in [2.75, 3.05) is 11.9 Å². The molecule has 0 saturated heterocycles. The second-order valence-electron chi connectivity index (χ2n) is 3.15. The summed E-state index contributed by atoms with van der Waals surface area (Å²) in [5, 5.41) is 3.99. The summed E-state index contributed by atoms with van der Waals surface area (Å²) in [5.41, 5.74) is 8.57. The molecule has 1 aliphatic heterocycles. The Morgan fingerprint density at radius 1 is 1.43 bits per heavy atom. The summed E-state index contributed by atoms with van der Waals surface area (Å²) < 4.78 is 0.996. The van der Waals surface area contributed by atoms with Crippen LogP contribution in [0.1, 0.15) is 12.0 Å². The first kappa shape index (κ1) is 9.87. The molecule has 0 atom stereocenters.